The van der Waals surface area contributed by atoms with Crippen molar-refractivity contribution >= 4 is 39.1 Å². The van der Waals surface area contributed by atoms with E-state index in [9.17, 15) is 9.59 Å². The van der Waals surface area contributed by atoms with Gasteiger partial charge in [-0.15, -0.1) is 11.3 Å². The van der Waals surface area contributed by atoms with Crippen molar-refractivity contribution < 1.29 is 14.7 Å². The summed E-state index contributed by atoms with van der Waals surface area (Å²) in [6.45, 7) is 2.36. The summed E-state index contributed by atoms with van der Waals surface area (Å²) in [5, 5.41) is 13.8. The zero-order valence-electron chi connectivity index (χ0n) is 11.2. The second-order valence-corrected chi connectivity index (χ2v) is 6.22. The molecule has 2 rings (SSSR count). The molecule has 1 aromatic heterocycles. The summed E-state index contributed by atoms with van der Waals surface area (Å²) >= 11 is 4.65. The molecule has 1 heterocycles. The number of benzene rings is 1. The minimum atomic E-state index is -1.04. The molecule has 0 aliphatic carbocycles. The molecule has 0 radical (unpaired) electrons. The number of nitrogens with zero attached hydrogens (tertiary/aromatic N) is 1. The second-order valence-electron chi connectivity index (χ2n) is 4.42. The van der Waals surface area contributed by atoms with Gasteiger partial charge in [0.05, 0.1) is 10.6 Å². The van der Waals surface area contributed by atoms with Gasteiger partial charge in [0.25, 0.3) is 5.91 Å². The third-order valence-electron chi connectivity index (χ3n) is 2.76. The third kappa shape index (κ3) is 4.12. The molecule has 0 aliphatic rings. The number of amides is 1. The van der Waals surface area contributed by atoms with E-state index in [0.717, 1.165) is 10.0 Å². The monoisotopic (exact) mass is 368 g/mol. The van der Waals surface area contributed by atoms with Gasteiger partial charge >= 0.3 is 5.97 Å². The van der Waals surface area contributed by atoms with Gasteiger partial charge in [0, 0.05) is 22.8 Å². The van der Waals surface area contributed by atoms with Crippen LogP contribution >= 0.6 is 27.3 Å². The van der Waals surface area contributed by atoms with E-state index in [-0.39, 0.29) is 11.6 Å². The number of nitrogens with one attached hydrogen (secondary N) is 1. The van der Waals surface area contributed by atoms with E-state index >= 15 is 0 Å². The number of carbonyl (C=O) groups is 2. The van der Waals surface area contributed by atoms with Crippen LogP contribution < -0.4 is 5.32 Å². The Kier molecular flexibility index (Phi) is 5.08. The quantitative estimate of drug-likeness (QED) is 0.850. The van der Waals surface area contributed by atoms with Crippen molar-refractivity contribution in [1.82, 2.24) is 10.3 Å². The van der Waals surface area contributed by atoms with Crippen molar-refractivity contribution in [3.05, 3.63) is 49.9 Å². The van der Waals surface area contributed by atoms with E-state index in [2.05, 4.69) is 26.2 Å². The predicted molar refractivity (Wildman–Crippen MR) is 84.0 cm³/mol. The van der Waals surface area contributed by atoms with Crippen molar-refractivity contribution in [3.8, 4) is 0 Å². The lowest BCUT2D eigenvalue weighted by Gasteiger charge is -2.06. The minimum absolute atomic E-state index is 0.0441. The number of hydrogen-bond acceptors (Lipinski definition) is 4. The molecule has 0 atom stereocenters. The number of hydrogen-bond donors (Lipinski definition) is 2. The molecule has 0 saturated heterocycles. The number of aromatic nitrogens is 1. The van der Waals surface area contributed by atoms with Crippen LogP contribution in [0, 0.1) is 6.92 Å². The Balaban J connectivity index is 1.90. The molecule has 0 spiro atoms. The van der Waals surface area contributed by atoms with E-state index in [4.69, 9.17) is 5.11 Å². The number of carbonyl (C=O) groups excluding carboxylic acids is 1. The van der Waals surface area contributed by atoms with E-state index in [1.54, 1.807) is 6.07 Å². The van der Waals surface area contributed by atoms with Gasteiger partial charge in [-0.1, -0.05) is 6.07 Å². The average molecular weight is 369 g/mol. The lowest BCUT2D eigenvalue weighted by molar-refractivity contribution is 0.0690. The smallest absolute Gasteiger partial charge is 0.355 e. The van der Waals surface area contributed by atoms with E-state index in [1.165, 1.54) is 16.7 Å². The van der Waals surface area contributed by atoms with Crippen LogP contribution in [0.2, 0.25) is 0 Å². The van der Waals surface area contributed by atoms with Gasteiger partial charge in [0.2, 0.25) is 0 Å². The molecular weight excluding hydrogens is 356 g/mol. The Morgan fingerprint density at radius 3 is 2.81 bits per heavy atom. The lowest BCUT2D eigenvalue weighted by atomic mass is 10.1. The highest BCUT2D eigenvalue weighted by molar-refractivity contribution is 9.10. The van der Waals surface area contributed by atoms with Gasteiger partial charge in [-0.25, -0.2) is 9.78 Å². The largest absolute Gasteiger partial charge is 0.476 e. The summed E-state index contributed by atoms with van der Waals surface area (Å²) in [6.07, 6.45) is 0.507. The van der Waals surface area contributed by atoms with Gasteiger partial charge < -0.3 is 10.4 Å². The van der Waals surface area contributed by atoms with Crippen LogP contribution in [0.4, 0.5) is 0 Å². The fraction of sp³-hybridized carbons (Fsp3) is 0.214. The first-order valence-corrected chi connectivity index (χ1v) is 7.86. The average Bonchev–Trinajstić information content (AvgIpc) is 2.87. The highest BCUT2D eigenvalue weighted by Gasteiger charge is 2.11. The first-order chi connectivity index (χ1) is 9.97. The molecule has 2 aromatic rings. The molecule has 21 heavy (non-hydrogen) atoms. The molecule has 0 saturated carbocycles. The topological polar surface area (TPSA) is 79.3 Å². The van der Waals surface area contributed by atoms with Gasteiger partial charge in [-0.2, -0.15) is 0 Å². The van der Waals surface area contributed by atoms with Crippen molar-refractivity contribution in [1.29, 1.82) is 0 Å². The molecule has 1 aromatic carbocycles. The van der Waals surface area contributed by atoms with Crippen molar-refractivity contribution in [3.63, 3.8) is 0 Å². The molecule has 2 N–H and O–H groups in total. The maximum absolute atomic E-state index is 12.0. The van der Waals surface area contributed by atoms with Crippen LogP contribution in [0.1, 0.15) is 31.4 Å². The van der Waals surface area contributed by atoms with E-state index in [0.29, 0.717) is 23.5 Å². The molecule has 0 unspecified atom stereocenters. The minimum Gasteiger partial charge on any atom is -0.476 e. The first-order valence-electron chi connectivity index (χ1n) is 6.19. The zero-order valence-corrected chi connectivity index (χ0v) is 13.6. The molecule has 0 aliphatic heterocycles. The van der Waals surface area contributed by atoms with Crippen LogP contribution in [-0.2, 0) is 6.42 Å². The van der Waals surface area contributed by atoms with Gasteiger partial charge in [0.15, 0.2) is 5.69 Å². The highest BCUT2D eigenvalue weighted by atomic mass is 79.9. The Hall–Kier alpha value is -1.73. The Morgan fingerprint density at radius 1 is 1.43 bits per heavy atom. The number of thiazole rings is 1. The fourth-order valence-electron chi connectivity index (χ4n) is 1.71. The standard InChI is InChI=1S/C14H13BrN2O3S/c1-8-2-3-9(10(15)6-8)13(18)16-5-4-12-17-11(7-21-12)14(19)20/h2-3,6-7H,4-5H2,1H3,(H,16,18)(H,19,20). The second kappa shape index (κ2) is 6.82. The maximum atomic E-state index is 12.0. The number of carboxylic acids is 1. The van der Waals surface area contributed by atoms with E-state index < -0.39 is 5.97 Å². The number of aromatic carboxylic acids is 1. The molecule has 0 fully saturated rings. The summed E-state index contributed by atoms with van der Waals surface area (Å²) in [5.74, 6) is -1.21. The summed E-state index contributed by atoms with van der Waals surface area (Å²) in [4.78, 5) is 26.7. The van der Waals surface area contributed by atoms with Gasteiger partial charge in [0.1, 0.15) is 0 Å². The molecule has 1 amide bonds. The van der Waals surface area contributed by atoms with Crippen LogP contribution in [0.15, 0.2) is 28.1 Å². The number of halogens is 1. The zero-order chi connectivity index (χ0) is 15.4. The SMILES string of the molecule is Cc1ccc(C(=O)NCCc2nc(C(=O)O)cs2)c(Br)c1. The predicted octanol–water partition coefficient (Wildman–Crippen LogP) is 2.88. The number of carboxylic acid groups (broad SMARTS) is 1. The van der Waals surface area contributed by atoms with Crippen LogP contribution in [-0.4, -0.2) is 28.5 Å². The summed E-state index contributed by atoms with van der Waals surface area (Å²) in [7, 11) is 0. The molecule has 0 bridgehead atoms. The van der Waals surface area contributed by atoms with Crippen molar-refractivity contribution in [2.75, 3.05) is 6.54 Å². The fourth-order valence-corrected chi connectivity index (χ4v) is 3.15. The normalized spacial score (nSPS) is 10.4. The lowest BCUT2D eigenvalue weighted by Crippen LogP contribution is -2.26. The third-order valence-corrected chi connectivity index (χ3v) is 4.33. The van der Waals surface area contributed by atoms with Crippen LogP contribution in [0.3, 0.4) is 0 Å². The van der Waals surface area contributed by atoms with Gasteiger partial charge in [-0.05, 0) is 40.5 Å². The highest BCUT2D eigenvalue weighted by Crippen LogP contribution is 2.18. The van der Waals surface area contributed by atoms with Gasteiger partial charge in [-0.3, -0.25) is 4.79 Å². The van der Waals surface area contributed by atoms with Crippen LogP contribution in [0.25, 0.3) is 0 Å². The Labute approximate surface area is 134 Å². The molecule has 7 heteroatoms. The summed E-state index contributed by atoms with van der Waals surface area (Å²) < 4.78 is 0.752. The Morgan fingerprint density at radius 2 is 2.19 bits per heavy atom. The molecule has 5 nitrogen and oxygen atoms in total. The number of rotatable bonds is 5. The maximum Gasteiger partial charge on any atom is 0.355 e. The first kappa shape index (κ1) is 15.7. The summed E-state index contributed by atoms with van der Waals surface area (Å²) in [6, 6.07) is 5.52. The summed E-state index contributed by atoms with van der Waals surface area (Å²) in [5.41, 5.74) is 1.69. The van der Waals surface area contributed by atoms with Crippen molar-refractivity contribution in [2.24, 2.45) is 0 Å². The Bertz CT molecular complexity index is 685. The molecule has 110 valence electrons. The molecular formula is C14H13BrN2O3S. The van der Waals surface area contributed by atoms with Crippen molar-refractivity contribution in [2.45, 2.75) is 13.3 Å². The van der Waals surface area contributed by atoms with Crippen LogP contribution in [0.5, 0.6) is 0 Å². The number of aryl methyl sites for hydroxylation is 1. The van der Waals surface area contributed by atoms with E-state index in [1.807, 2.05) is 19.1 Å².